The molecule has 1 aromatic carbocycles. The van der Waals surface area contributed by atoms with E-state index in [1.807, 2.05) is 0 Å². The molecule has 2 aromatic rings. The summed E-state index contributed by atoms with van der Waals surface area (Å²) < 4.78 is 6.05. The molecule has 2 rings (SSSR count). The number of benzene rings is 1. The molecule has 0 saturated carbocycles. The molecule has 0 saturated heterocycles. The Morgan fingerprint density at radius 2 is 2.05 bits per heavy atom. The van der Waals surface area contributed by atoms with Crippen molar-refractivity contribution >= 4 is 33.2 Å². The number of carbonyl (C=O) groups excluding carboxylic acids is 1. The van der Waals surface area contributed by atoms with E-state index in [0.29, 0.717) is 17.1 Å². The predicted molar refractivity (Wildman–Crippen MR) is 76.9 cm³/mol. The Morgan fingerprint density at radius 3 is 2.74 bits per heavy atom. The Kier molecular flexibility index (Phi) is 4.35. The van der Waals surface area contributed by atoms with E-state index in [1.165, 1.54) is 0 Å². The number of anilines is 2. The molecule has 0 radical (unpaired) electrons. The first-order valence-electron chi connectivity index (χ1n) is 5.53. The molecule has 0 atom stereocenters. The second kappa shape index (κ2) is 6.19. The normalized spacial score (nSPS) is 9.95. The Hall–Kier alpha value is -2.08. The lowest BCUT2D eigenvalue weighted by Gasteiger charge is -2.08. The predicted octanol–water partition coefficient (Wildman–Crippen LogP) is 2.44. The zero-order chi connectivity index (χ0) is 13.7. The van der Waals surface area contributed by atoms with Gasteiger partial charge in [-0.05, 0) is 46.3 Å². The summed E-state index contributed by atoms with van der Waals surface area (Å²) in [5, 5.41) is 2.72. The number of nitrogens with one attached hydrogen (secondary N) is 1. The highest BCUT2D eigenvalue weighted by atomic mass is 79.9. The average Bonchev–Trinajstić information content (AvgIpc) is 2.41. The van der Waals surface area contributed by atoms with Crippen molar-refractivity contribution < 1.29 is 9.53 Å². The van der Waals surface area contributed by atoms with Crippen LogP contribution >= 0.6 is 15.9 Å². The first kappa shape index (κ1) is 13.4. The largest absolute Gasteiger partial charge is 0.484 e. The minimum absolute atomic E-state index is 0.0708. The summed E-state index contributed by atoms with van der Waals surface area (Å²) in [5.74, 6) is 0.349. The van der Waals surface area contributed by atoms with Crippen LogP contribution in [0, 0.1) is 0 Å². The van der Waals surface area contributed by atoms with Gasteiger partial charge in [-0.25, -0.2) is 0 Å². The maximum Gasteiger partial charge on any atom is 0.262 e. The van der Waals surface area contributed by atoms with Crippen LogP contribution in [0.1, 0.15) is 0 Å². The highest BCUT2D eigenvalue weighted by molar-refractivity contribution is 9.10. The highest BCUT2D eigenvalue weighted by Gasteiger charge is 2.06. The molecule has 0 fully saturated rings. The number of pyridine rings is 1. The monoisotopic (exact) mass is 321 g/mol. The summed E-state index contributed by atoms with van der Waals surface area (Å²) in [7, 11) is 0. The van der Waals surface area contributed by atoms with Crippen molar-refractivity contribution in [2.45, 2.75) is 0 Å². The third-order valence-corrected chi connectivity index (χ3v) is 2.93. The van der Waals surface area contributed by atoms with E-state index >= 15 is 0 Å². The van der Waals surface area contributed by atoms with E-state index in [1.54, 1.807) is 42.7 Å². The summed E-state index contributed by atoms with van der Waals surface area (Å²) in [6.45, 7) is -0.0708. The van der Waals surface area contributed by atoms with Crippen molar-refractivity contribution in [2.24, 2.45) is 0 Å². The number of nitrogen functional groups attached to an aromatic ring is 1. The molecule has 0 aliphatic carbocycles. The van der Waals surface area contributed by atoms with Crippen LogP contribution in [0.4, 0.5) is 11.4 Å². The lowest BCUT2D eigenvalue weighted by molar-refractivity contribution is -0.118. The van der Waals surface area contributed by atoms with Crippen LogP contribution < -0.4 is 15.8 Å². The summed E-state index contributed by atoms with van der Waals surface area (Å²) in [4.78, 5) is 15.6. The van der Waals surface area contributed by atoms with Gasteiger partial charge in [-0.15, -0.1) is 0 Å². The Bertz CT molecular complexity index is 572. The zero-order valence-electron chi connectivity index (χ0n) is 9.97. The summed E-state index contributed by atoms with van der Waals surface area (Å²) in [6, 6.07) is 8.56. The number of carbonyl (C=O) groups is 1. The summed E-state index contributed by atoms with van der Waals surface area (Å²) in [6.07, 6.45) is 3.21. The second-order valence-electron chi connectivity index (χ2n) is 3.76. The number of aromatic nitrogens is 1. The topological polar surface area (TPSA) is 77.2 Å². The van der Waals surface area contributed by atoms with Crippen molar-refractivity contribution in [3.05, 3.63) is 47.2 Å². The van der Waals surface area contributed by atoms with Crippen molar-refractivity contribution in [2.75, 3.05) is 17.7 Å². The third-order valence-electron chi connectivity index (χ3n) is 2.30. The Morgan fingerprint density at radius 1 is 1.32 bits per heavy atom. The molecule has 98 valence electrons. The summed E-state index contributed by atoms with van der Waals surface area (Å²) in [5.41, 5.74) is 6.86. The number of amides is 1. The average molecular weight is 322 g/mol. The number of nitrogens with zero attached hydrogens (tertiary/aromatic N) is 1. The van der Waals surface area contributed by atoms with Gasteiger partial charge in [-0.2, -0.15) is 0 Å². The van der Waals surface area contributed by atoms with Crippen molar-refractivity contribution in [3.8, 4) is 5.75 Å². The molecular formula is C13H12BrN3O2. The first-order valence-corrected chi connectivity index (χ1v) is 6.32. The van der Waals surface area contributed by atoms with Gasteiger partial charge in [0.05, 0.1) is 10.2 Å². The second-order valence-corrected chi connectivity index (χ2v) is 4.62. The quantitative estimate of drug-likeness (QED) is 0.848. The first-order chi connectivity index (χ1) is 9.15. The van der Waals surface area contributed by atoms with Crippen LogP contribution in [0.15, 0.2) is 47.2 Å². The van der Waals surface area contributed by atoms with Crippen LogP contribution in [0.2, 0.25) is 0 Å². The van der Waals surface area contributed by atoms with E-state index < -0.39 is 0 Å². The molecule has 0 spiro atoms. The van der Waals surface area contributed by atoms with Gasteiger partial charge in [0.15, 0.2) is 6.61 Å². The van der Waals surface area contributed by atoms with Gasteiger partial charge in [0, 0.05) is 18.1 Å². The van der Waals surface area contributed by atoms with Crippen LogP contribution in [-0.2, 0) is 4.79 Å². The number of hydrogen-bond acceptors (Lipinski definition) is 4. The van der Waals surface area contributed by atoms with Gasteiger partial charge in [0.25, 0.3) is 5.91 Å². The van der Waals surface area contributed by atoms with Gasteiger partial charge in [-0.3, -0.25) is 9.78 Å². The minimum Gasteiger partial charge on any atom is -0.484 e. The fraction of sp³-hybridized carbons (Fsp3) is 0.0769. The molecule has 0 aliphatic rings. The number of nitrogens with two attached hydrogens (primary N) is 1. The molecule has 19 heavy (non-hydrogen) atoms. The van der Waals surface area contributed by atoms with Crippen molar-refractivity contribution in [1.29, 1.82) is 0 Å². The maximum absolute atomic E-state index is 11.7. The Balaban J connectivity index is 1.88. The third kappa shape index (κ3) is 3.96. The number of rotatable bonds is 4. The number of hydrogen-bond donors (Lipinski definition) is 2. The van der Waals surface area contributed by atoms with Crippen LogP contribution in [0.5, 0.6) is 5.75 Å². The van der Waals surface area contributed by atoms with Crippen LogP contribution in [0.3, 0.4) is 0 Å². The standard InChI is InChI=1S/C13H12BrN3O2/c14-11-7-16-6-5-12(11)17-13(18)8-19-10-3-1-9(15)2-4-10/h1-7H,8,15H2,(H,16,17,18). The van der Waals surface area contributed by atoms with E-state index in [4.69, 9.17) is 10.5 Å². The molecule has 5 nitrogen and oxygen atoms in total. The van der Waals surface area contributed by atoms with E-state index in [-0.39, 0.29) is 12.5 Å². The molecule has 0 bridgehead atoms. The fourth-order valence-corrected chi connectivity index (χ4v) is 1.73. The van der Waals surface area contributed by atoms with E-state index in [9.17, 15) is 4.79 Å². The molecule has 0 aliphatic heterocycles. The highest BCUT2D eigenvalue weighted by Crippen LogP contribution is 2.19. The summed E-state index contributed by atoms with van der Waals surface area (Å²) >= 11 is 3.30. The molecule has 1 heterocycles. The fourth-order valence-electron chi connectivity index (χ4n) is 1.38. The van der Waals surface area contributed by atoms with Crippen molar-refractivity contribution in [3.63, 3.8) is 0 Å². The Labute approximate surface area is 118 Å². The molecule has 3 N–H and O–H groups in total. The van der Waals surface area contributed by atoms with Gasteiger partial charge in [0.2, 0.25) is 0 Å². The molecular weight excluding hydrogens is 310 g/mol. The lowest BCUT2D eigenvalue weighted by atomic mass is 10.3. The number of ether oxygens (including phenoxy) is 1. The van der Waals surface area contributed by atoms with E-state index in [0.717, 1.165) is 4.47 Å². The lowest BCUT2D eigenvalue weighted by Crippen LogP contribution is -2.20. The van der Waals surface area contributed by atoms with Crippen LogP contribution in [0.25, 0.3) is 0 Å². The zero-order valence-corrected chi connectivity index (χ0v) is 11.6. The minimum atomic E-state index is -0.247. The van der Waals surface area contributed by atoms with Crippen molar-refractivity contribution in [1.82, 2.24) is 4.98 Å². The van der Waals surface area contributed by atoms with Gasteiger partial charge in [-0.1, -0.05) is 0 Å². The SMILES string of the molecule is Nc1ccc(OCC(=O)Nc2ccncc2Br)cc1. The van der Waals surface area contributed by atoms with Gasteiger partial charge < -0.3 is 15.8 Å². The van der Waals surface area contributed by atoms with Crippen LogP contribution in [-0.4, -0.2) is 17.5 Å². The molecule has 0 unspecified atom stereocenters. The number of halogens is 1. The molecule has 1 aromatic heterocycles. The van der Waals surface area contributed by atoms with E-state index in [2.05, 4.69) is 26.2 Å². The van der Waals surface area contributed by atoms with Gasteiger partial charge >= 0.3 is 0 Å². The van der Waals surface area contributed by atoms with Gasteiger partial charge in [0.1, 0.15) is 5.75 Å². The molecule has 1 amide bonds. The smallest absolute Gasteiger partial charge is 0.262 e. The molecule has 6 heteroatoms. The maximum atomic E-state index is 11.7.